The minimum Gasteiger partial charge on any atom is -0.267 e. The van der Waals surface area contributed by atoms with Crippen LogP contribution < -0.4 is 5.43 Å². The van der Waals surface area contributed by atoms with Crippen LogP contribution in [-0.4, -0.2) is 21.1 Å². The summed E-state index contributed by atoms with van der Waals surface area (Å²) in [6, 6.07) is 13.4. The van der Waals surface area contributed by atoms with Gasteiger partial charge >= 0.3 is 0 Å². The molecule has 2 aromatic carbocycles. The smallest absolute Gasteiger partial charge is 0.267 e. The van der Waals surface area contributed by atoms with Crippen LogP contribution in [0.15, 0.2) is 53.4 Å². The monoisotopic (exact) mass is 408 g/mol. The molecule has 0 saturated carbocycles. The van der Waals surface area contributed by atoms with Gasteiger partial charge in [0.1, 0.15) is 0 Å². The Kier molecular flexibility index (Phi) is 5.44. The van der Waals surface area contributed by atoms with Crippen LogP contribution in [0, 0.1) is 0 Å². The molecule has 1 aliphatic rings. The minimum absolute atomic E-state index is 0.257. The standard InChI is InChI=1S/C17H10Cl2N2O2S2/c18-12-5-1-10(2-6-12)9-14-16(23)21(17(24)25-14)20-15(22)11-3-7-13(19)8-4-11/h1-9H,(H,20,22)/b14-9+. The second kappa shape index (κ2) is 7.58. The third-order valence-corrected chi connectivity index (χ3v) is 5.09. The first-order valence-electron chi connectivity index (χ1n) is 7.04. The zero-order chi connectivity index (χ0) is 18.0. The Balaban J connectivity index is 1.76. The van der Waals surface area contributed by atoms with E-state index in [0.29, 0.717) is 20.5 Å². The molecule has 0 bridgehead atoms. The summed E-state index contributed by atoms with van der Waals surface area (Å²) < 4.78 is 0.257. The van der Waals surface area contributed by atoms with Gasteiger partial charge in [0.25, 0.3) is 11.8 Å². The number of amides is 2. The van der Waals surface area contributed by atoms with E-state index in [0.717, 1.165) is 22.3 Å². The van der Waals surface area contributed by atoms with Crippen molar-refractivity contribution in [2.75, 3.05) is 0 Å². The van der Waals surface area contributed by atoms with Crippen molar-refractivity contribution in [3.63, 3.8) is 0 Å². The normalized spacial score (nSPS) is 15.8. The number of hydrazine groups is 1. The summed E-state index contributed by atoms with van der Waals surface area (Å²) in [5.74, 6) is -0.826. The molecule has 1 saturated heterocycles. The zero-order valence-corrected chi connectivity index (χ0v) is 15.7. The maximum atomic E-state index is 12.5. The molecule has 0 unspecified atom stereocenters. The predicted molar refractivity (Wildman–Crippen MR) is 105 cm³/mol. The highest BCUT2D eigenvalue weighted by Crippen LogP contribution is 2.31. The Hall–Kier alpha value is -1.86. The first-order chi connectivity index (χ1) is 11.9. The largest absolute Gasteiger partial charge is 0.285 e. The topological polar surface area (TPSA) is 49.4 Å². The number of halogens is 2. The van der Waals surface area contributed by atoms with Crippen LogP contribution in [0.5, 0.6) is 0 Å². The molecule has 0 spiro atoms. The first-order valence-corrected chi connectivity index (χ1v) is 9.02. The van der Waals surface area contributed by atoms with Gasteiger partial charge in [-0.2, -0.15) is 5.01 Å². The molecule has 0 radical (unpaired) electrons. The lowest BCUT2D eigenvalue weighted by molar-refractivity contribution is -0.123. The molecule has 3 rings (SSSR count). The van der Waals surface area contributed by atoms with Crippen molar-refractivity contribution in [2.45, 2.75) is 0 Å². The van der Waals surface area contributed by atoms with E-state index in [1.807, 2.05) is 0 Å². The van der Waals surface area contributed by atoms with Crippen molar-refractivity contribution < 1.29 is 9.59 Å². The van der Waals surface area contributed by atoms with Gasteiger partial charge in [-0.1, -0.05) is 47.1 Å². The zero-order valence-electron chi connectivity index (χ0n) is 12.5. The number of hydrogen-bond donors (Lipinski definition) is 1. The molecule has 1 aliphatic heterocycles. The second-order valence-corrected chi connectivity index (χ2v) is 7.57. The first kappa shape index (κ1) is 17.9. The lowest BCUT2D eigenvalue weighted by Gasteiger charge is -2.15. The van der Waals surface area contributed by atoms with Crippen LogP contribution in [0.3, 0.4) is 0 Å². The van der Waals surface area contributed by atoms with E-state index in [1.165, 1.54) is 0 Å². The maximum absolute atomic E-state index is 12.5. The average Bonchev–Trinajstić information content (AvgIpc) is 2.85. The lowest BCUT2D eigenvalue weighted by Crippen LogP contribution is -2.44. The highest BCUT2D eigenvalue weighted by Gasteiger charge is 2.33. The Bertz CT molecular complexity index is 881. The van der Waals surface area contributed by atoms with Gasteiger partial charge in [0.15, 0.2) is 4.32 Å². The van der Waals surface area contributed by atoms with E-state index >= 15 is 0 Å². The molecule has 8 heteroatoms. The third-order valence-electron chi connectivity index (χ3n) is 3.28. The van der Waals surface area contributed by atoms with Crippen LogP contribution in [-0.2, 0) is 4.79 Å². The maximum Gasteiger partial charge on any atom is 0.285 e. The van der Waals surface area contributed by atoms with Gasteiger partial charge in [-0.3, -0.25) is 15.0 Å². The van der Waals surface area contributed by atoms with E-state index in [9.17, 15) is 9.59 Å². The average molecular weight is 409 g/mol. The molecule has 2 aromatic rings. The fourth-order valence-electron chi connectivity index (χ4n) is 2.04. The minimum atomic E-state index is -0.444. The van der Waals surface area contributed by atoms with Crippen molar-refractivity contribution >= 4 is 69.4 Å². The van der Waals surface area contributed by atoms with Gasteiger partial charge in [0.2, 0.25) is 0 Å². The summed E-state index contributed by atoms with van der Waals surface area (Å²) in [5.41, 5.74) is 3.71. The van der Waals surface area contributed by atoms with Crippen LogP contribution >= 0.6 is 47.2 Å². The molecule has 0 atom stereocenters. The van der Waals surface area contributed by atoms with Gasteiger partial charge in [0, 0.05) is 15.6 Å². The van der Waals surface area contributed by atoms with Gasteiger partial charge in [0.05, 0.1) is 4.91 Å². The summed E-state index contributed by atoms with van der Waals surface area (Å²) in [6.45, 7) is 0. The summed E-state index contributed by atoms with van der Waals surface area (Å²) in [7, 11) is 0. The van der Waals surface area contributed by atoms with E-state index in [-0.39, 0.29) is 10.2 Å². The van der Waals surface area contributed by atoms with Crippen molar-refractivity contribution in [3.05, 3.63) is 74.6 Å². The van der Waals surface area contributed by atoms with Crippen molar-refractivity contribution in [2.24, 2.45) is 0 Å². The number of nitrogens with one attached hydrogen (secondary N) is 1. The fourth-order valence-corrected chi connectivity index (χ4v) is 3.47. The Morgan fingerprint density at radius 2 is 1.60 bits per heavy atom. The second-order valence-electron chi connectivity index (χ2n) is 5.02. The number of benzene rings is 2. The number of hydrogen-bond acceptors (Lipinski definition) is 4. The van der Waals surface area contributed by atoms with Gasteiger partial charge in [-0.25, -0.2) is 0 Å². The van der Waals surface area contributed by atoms with E-state index in [1.54, 1.807) is 54.6 Å². The molecule has 0 aliphatic carbocycles. The molecule has 0 aromatic heterocycles. The Morgan fingerprint density at radius 3 is 2.20 bits per heavy atom. The van der Waals surface area contributed by atoms with Gasteiger partial charge < -0.3 is 0 Å². The SMILES string of the molecule is O=C(NN1C(=O)/C(=C\c2ccc(Cl)cc2)SC1=S)c1ccc(Cl)cc1. The van der Waals surface area contributed by atoms with Crippen LogP contribution in [0.25, 0.3) is 6.08 Å². The summed E-state index contributed by atoms with van der Waals surface area (Å²) in [6.07, 6.45) is 1.70. The predicted octanol–water partition coefficient (Wildman–Crippen LogP) is 4.54. The third kappa shape index (κ3) is 4.22. The van der Waals surface area contributed by atoms with E-state index in [4.69, 9.17) is 35.4 Å². The number of nitrogens with zero attached hydrogens (tertiary/aromatic N) is 1. The molecule has 1 N–H and O–H groups in total. The molecular formula is C17H10Cl2N2O2S2. The molecule has 1 fully saturated rings. The van der Waals surface area contributed by atoms with Gasteiger partial charge in [-0.05, 0) is 60.3 Å². The number of thiocarbonyl (C=S) groups is 1. The highest BCUT2D eigenvalue weighted by molar-refractivity contribution is 8.26. The number of carbonyl (C=O) groups excluding carboxylic acids is 2. The Labute approximate surface area is 163 Å². The van der Waals surface area contributed by atoms with Crippen LogP contribution in [0.1, 0.15) is 15.9 Å². The summed E-state index contributed by atoms with van der Waals surface area (Å²) >= 11 is 18.0. The number of thioether (sulfide) groups is 1. The molecule has 2 amide bonds. The van der Waals surface area contributed by atoms with Crippen LogP contribution in [0.2, 0.25) is 10.0 Å². The molecule has 126 valence electrons. The Morgan fingerprint density at radius 1 is 1.04 bits per heavy atom. The molecule has 4 nitrogen and oxygen atoms in total. The van der Waals surface area contributed by atoms with Crippen molar-refractivity contribution in [1.82, 2.24) is 10.4 Å². The van der Waals surface area contributed by atoms with E-state index < -0.39 is 5.91 Å². The highest BCUT2D eigenvalue weighted by atomic mass is 35.5. The number of carbonyl (C=O) groups is 2. The molecule has 1 heterocycles. The van der Waals surface area contributed by atoms with Gasteiger partial charge in [-0.15, -0.1) is 0 Å². The van der Waals surface area contributed by atoms with Crippen LogP contribution in [0.4, 0.5) is 0 Å². The van der Waals surface area contributed by atoms with Crippen molar-refractivity contribution in [3.8, 4) is 0 Å². The van der Waals surface area contributed by atoms with E-state index in [2.05, 4.69) is 5.43 Å². The summed E-state index contributed by atoms with van der Waals surface area (Å²) in [4.78, 5) is 25.2. The molecular weight excluding hydrogens is 399 g/mol. The summed E-state index contributed by atoms with van der Waals surface area (Å²) in [5, 5.41) is 2.20. The number of rotatable bonds is 3. The molecule has 25 heavy (non-hydrogen) atoms. The van der Waals surface area contributed by atoms with Crippen molar-refractivity contribution in [1.29, 1.82) is 0 Å². The quantitative estimate of drug-likeness (QED) is 0.598. The lowest BCUT2D eigenvalue weighted by atomic mass is 10.2. The fraction of sp³-hybridized carbons (Fsp3) is 0.